The molecular weight excluding hydrogens is 330 g/mol. The number of carbonyl (C=O) groups is 1. The smallest absolute Gasteiger partial charge is 0.271 e. The van der Waals surface area contributed by atoms with Crippen LogP contribution in [0.4, 0.5) is 5.69 Å². The molecule has 0 aromatic heterocycles. The molecule has 0 bridgehead atoms. The van der Waals surface area contributed by atoms with Gasteiger partial charge in [-0.25, -0.2) is 5.43 Å². The van der Waals surface area contributed by atoms with Crippen LogP contribution in [0.3, 0.4) is 0 Å². The molecule has 26 heavy (non-hydrogen) atoms. The lowest BCUT2D eigenvalue weighted by molar-refractivity contribution is 0.0955. The van der Waals surface area contributed by atoms with E-state index in [0.29, 0.717) is 17.1 Å². The number of benzene rings is 2. The minimum atomic E-state index is -0.241. The van der Waals surface area contributed by atoms with Gasteiger partial charge in [0.05, 0.1) is 20.4 Å². The van der Waals surface area contributed by atoms with Gasteiger partial charge in [0.15, 0.2) is 11.5 Å². The number of hydrogen-bond donors (Lipinski definition) is 1. The predicted molar refractivity (Wildman–Crippen MR) is 102 cm³/mol. The average Bonchev–Trinajstić information content (AvgIpc) is 3.22. The lowest BCUT2D eigenvalue weighted by Crippen LogP contribution is -2.19. The Hall–Kier alpha value is -3.02. The topological polar surface area (TPSA) is 63.2 Å². The van der Waals surface area contributed by atoms with Gasteiger partial charge in [0, 0.05) is 24.3 Å². The molecule has 3 rings (SSSR count). The van der Waals surface area contributed by atoms with Gasteiger partial charge in [-0.3, -0.25) is 4.79 Å². The van der Waals surface area contributed by atoms with Crippen LogP contribution >= 0.6 is 0 Å². The third-order valence-electron chi connectivity index (χ3n) is 4.39. The van der Waals surface area contributed by atoms with E-state index in [9.17, 15) is 4.79 Å². The maximum absolute atomic E-state index is 12.2. The number of hydrazone groups is 1. The van der Waals surface area contributed by atoms with Gasteiger partial charge in [-0.2, -0.15) is 5.10 Å². The second-order valence-electron chi connectivity index (χ2n) is 6.05. The summed E-state index contributed by atoms with van der Waals surface area (Å²) in [6.45, 7) is 2.17. The summed E-state index contributed by atoms with van der Waals surface area (Å²) >= 11 is 0. The van der Waals surface area contributed by atoms with Gasteiger partial charge in [-0.05, 0) is 60.9 Å². The molecule has 1 heterocycles. The number of carbonyl (C=O) groups excluding carboxylic acids is 1. The number of anilines is 1. The van der Waals surface area contributed by atoms with Crippen molar-refractivity contribution in [3.63, 3.8) is 0 Å². The molecule has 1 fully saturated rings. The molecule has 1 aliphatic rings. The van der Waals surface area contributed by atoms with Crippen molar-refractivity contribution in [2.24, 2.45) is 5.10 Å². The highest BCUT2D eigenvalue weighted by Gasteiger charge is 2.12. The second kappa shape index (κ2) is 8.38. The summed E-state index contributed by atoms with van der Waals surface area (Å²) in [6.07, 6.45) is 4.03. The van der Waals surface area contributed by atoms with Gasteiger partial charge in [0.25, 0.3) is 5.91 Å². The van der Waals surface area contributed by atoms with Gasteiger partial charge < -0.3 is 14.4 Å². The van der Waals surface area contributed by atoms with Gasteiger partial charge >= 0.3 is 0 Å². The molecule has 0 radical (unpaired) electrons. The molecule has 1 N–H and O–H groups in total. The van der Waals surface area contributed by atoms with Crippen LogP contribution in [-0.2, 0) is 0 Å². The summed E-state index contributed by atoms with van der Waals surface area (Å²) < 4.78 is 10.4. The maximum Gasteiger partial charge on any atom is 0.271 e. The molecule has 2 aromatic carbocycles. The third-order valence-corrected chi connectivity index (χ3v) is 4.39. The Kier molecular flexibility index (Phi) is 5.73. The van der Waals surface area contributed by atoms with E-state index in [-0.39, 0.29) is 5.91 Å². The van der Waals surface area contributed by atoms with Crippen molar-refractivity contribution >= 4 is 17.8 Å². The molecule has 0 unspecified atom stereocenters. The molecule has 0 spiro atoms. The molecule has 136 valence electrons. The van der Waals surface area contributed by atoms with Crippen LogP contribution in [0.1, 0.15) is 28.8 Å². The molecule has 1 aliphatic heterocycles. The minimum absolute atomic E-state index is 0.241. The van der Waals surface area contributed by atoms with Gasteiger partial charge in [-0.15, -0.1) is 0 Å². The summed E-state index contributed by atoms with van der Waals surface area (Å²) in [4.78, 5) is 14.5. The number of amides is 1. The van der Waals surface area contributed by atoms with Gasteiger partial charge in [0.1, 0.15) is 0 Å². The van der Waals surface area contributed by atoms with Crippen molar-refractivity contribution < 1.29 is 14.3 Å². The van der Waals surface area contributed by atoms with Crippen LogP contribution in [0, 0.1) is 0 Å². The molecule has 0 atom stereocenters. The van der Waals surface area contributed by atoms with Crippen molar-refractivity contribution in [2.75, 3.05) is 32.2 Å². The Morgan fingerprint density at radius 2 is 1.73 bits per heavy atom. The fourth-order valence-corrected chi connectivity index (χ4v) is 2.96. The molecule has 0 aliphatic carbocycles. The first kappa shape index (κ1) is 17.8. The summed E-state index contributed by atoms with van der Waals surface area (Å²) in [6, 6.07) is 13.0. The first-order valence-corrected chi connectivity index (χ1v) is 8.61. The van der Waals surface area contributed by atoms with Crippen molar-refractivity contribution in [1.29, 1.82) is 0 Å². The van der Waals surface area contributed by atoms with E-state index < -0.39 is 0 Å². The van der Waals surface area contributed by atoms with E-state index in [1.54, 1.807) is 32.6 Å². The lowest BCUT2D eigenvalue weighted by atomic mass is 10.2. The quantitative estimate of drug-likeness (QED) is 0.640. The Balaban J connectivity index is 1.60. The van der Waals surface area contributed by atoms with E-state index in [1.807, 2.05) is 30.3 Å². The fraction of sp³-hybridized carbons (Fsp3) is 0.300. The number of rotatable bonds is 6. The highest BCUT2D eigenvalue weighted by atomic mass is 16.5. The highest BCUT2D eigenvalue weighted by Crippen LogP contribution is 2.26. The largest absolute Gasteiger partial charge is 0.493 e. The Morgan fingerprint density at radius 1 is 1.04 bits per heavy atom. The monoisotopic (exact) mass is 353 g/mol. The minimum Gasteiger partial charge on any atom is -0.493 e. The molecule has 6 nitrogen and oxygen atoms in total. The second-order valence-corrected chi connectivity index (χ2v) is 6.05. The number of nitrogens with zero attached hydrogens (tertiary/aromatic N) is 2. The molecule has 1 amide bonds. The Morgan fingerprint density at radius 3 is 2.38 bits per heavy atom. The van der Waals surface area contributed by atoms with E-state index in [1.165, 1.54) is 12.8 Å². The highest BCUT2D eigenvalue weighted by molar-refractivity contribution is 5.95. The van der Waals surface area contributed by atoms with Gasteiger partial charge in [0.2, 0.25) is 0 Å². The van der Waals surface area contributed by atoms with E-state index in [0.717, 1.165) is 24.3 Å². The van der Waals surface area contributed by atoms with Crippen LogP contribution < -0.4 is 19.8 Å². The molecule has 0 saturated carbocycles. The molecule has 6 heteroatoms. The van der Waals surface area contributed by atoms with Crippen LogP contribution in [0.25, 0.3) is 0 Å². The molecular formula is C20H23N3O3. The average molecular weight is 353 g/mol. The predicted octanol–water partition coefficient (Wildman–Crippen LogP) is 3.07. The number of hydrogen-bond acceptors (Lipinski definition) is 5. The number of methoxy groups -OCH3 is 2. The Bertz CT molecular complexity index is 781. The summed E-state index contributed by atoms with van der Waals surface area (Å²) in [5.74, 6) is 1.02. The van der Waals surface area contributed by atoms with Crippen molar-refractivity contribution in [2.45, 2.75) is 12.8 Å². The first-order valence-electron chi connectivity index (χ1n) is 8.61. The van der Waals surface area contributed by atoms with E-state index in [4.69, 9.17) is 9.47 Å². The molecule has 1 saturated heterocycles. The molecule has 2 aromatic rings. The number of ether oxygens (including phenoxy) is 2. The standard InChI is InChI=1S/C20H23N3O3/c1-25-18-10-5-15(13-19(18)26-2)14-21-22-20(24)16-6-8-17(9-7-16)23-11-3-4-12-23/h5-10,13-14H,3-4,11-12H2,1-2H3,(H,22,24)/b21-14-. The summed E-state index contributed by atoms with van der Waals surface area (Å²) in [5, 5.41) is 4.02. The van der Waals surface area contributed by atoms with Crippen LogP contribution in [0.5, 0.6) is 11.5 Å². The van der Waals surface area contributed by atoms with Crippen molar-refractivity contribution in [3.05, 3.63) is 53.6 Å². The number of nitrogens with one attached hydrogen (secondary N) is 1. The van der Waals surface area contributed by atoms with E-state index >= 15 is 0 Å². The van der Waals surface area contributed by atoms with Crippen molar-refractivity contribution in [3.8, 4) is 11.5 Å². The zero-order chi connectivity index (χ0) is 18.4. The zero-order valence-electron chi connectivity index (χ0n) is 15.1. The maximum atomic E-state index is 12.2. The first-order chi connectivity index (χ1) is 12.7. The van der Waals surface area contributed by atoms with E-state index in [2.05, 4.69) is 15.4 Å². The van der Waals surface area contributed by atoms with Crippen LogP contribution in [-0.4, -0.2) is 39.4 Å². The normalized spacial score (nSPS) is 13.8. The summed E-state index contributed by atoms with van der Waals surface area (Å²) in [5.41, 5.74) is 5.09. The Labute approximate surface area is 153 Å². The third kappa shape index (κ3) is 4.14. The summed E-state index contributed by atoms with van der Waals surface area (Å²) in [7, 11) is 3.16. The lowest BCUT2D eigenvalue weighted by Gasteiger charge is -2.17. The van der Waals surface area contributed by atoms with Gasteiger partial charge in [-0.1, -0.05) is 0 Å². The SMILES string of the molecule is COc1ccc(/C=N\NC(=O)c2ccc(N3CCCC3)cc2)cc1OC. The van der Waals surface area contributed by atoms with Crippen LogP contribution in [0.15, 0.2) is 47.6 Å². The fourth-order valence-electron chi connectivity index (χ4n) is 2.96. The van der Waals surface area contributed by atoms with Crippen molar-refractivity contribution in [1.82, 2.24) is 5.43 Å². The van der Waals surface area contributed by atoms with Crippen LogP contribution in [0.2, 0.25) is 0 Å². The zero-order valence-corrected chi connectivity index (χ0v) is 15.1.